The molecule has 1 aromatic carbocycles. The normalized spacial score (nSPS) is 12.6. The lowest BCUT2D eigenvalue weighted by Gasteiger charge is -2.18. The lowest BCUT2D eigenvalue weighted by atomic mass is 9.95. The van der Waals surface area contributed by atoms with Crippen LogP contribution in [-0.2, 0) is 0 Å². The second-order valence-corrected chi connectivity index (χ2v) is 4.75. The van der Waals surface area contributed by atoms with Crippen LogP contribution in [0, 0.1) is 12.7 Å². The summed E-state index contributed by atoms with van der Waals surface area (Å²) in [5, 5.41) is 0. The minimum absolute atomic E-state index is 0.260. The number of hydrogen-bond acceptors (Lipinski definition) is 2. The van der Waals surface area contributed by atoms with Gasteiger partial charge in [-0.25, -0.2) is 4.39 Å². The molecule has 0 heterocycles. The molecule has 1 aromatic rings. The quantitative estimate of drug-likeness (QED) is 0.923. The first-order valence-corrected chi connectivity index (χ1v) is 6.04. The summed E-state index contributed by atoms with van der Waals surface area (Å²) in [7, 11) is 1.56. The zero-order valence-corrected chi connectivity index (χ0v) is 11.4. The Bertz CT molecular complexity index is 382. The van der Waals surface area contributed by atoms with Crippen molar-refractivity contribution in [2.24, 2.45) is 5.73 Å². The highest BCUT2D eigenvalue weighted by atomic mass is 79.9. The Hall–Kier alpha value is -0.610. The Morgan fingerprint density at radius 1 is 1.56 bits per heavy atom. The van der Waals surface area contributed by atoms with Crippen LogP contribution in [0.5, 0.6) is 5.75 Å². The average molecular weight is 290 g/mol. The molecular formula is C12H17BrFNO. The number of rotatable bonds is 4. The van der Waals surface area contributed by atoms with E-state index in [0.717, 1.165) is 12.0 Å². The predicted octanol–water partition coefficient (Wildman–Crippen LogP) is 3.36. The van der Waals surface area contributed by atoms with Crippen molar-refractivity contribution < 1.29 is 9.13 Å². The SMILES string of the molecule is COc1c(C(C)CCN)cc(Br)c(F)c1C. The maximum Gasteiger partial charge on any atom is 0.143 e. The fourth-order valence-electron chi connectivity index (χ4n) is 1.80. The molecule has 0 aliphatic rings. The summed E-state index contributed by atoms with van der Waals surface area (Å²) in [6.45, 7) is 4.39. The average Bonchev–Trinajstić information content (AvgIpc) is 2.26. The van der Waals surface area contributed by atoms with Gasteiger partial charge in [0.15, 0.2) is 0 Å². The second kappa shape index (κ2) is 5.64. The third kappa shape index (κ3) is 2.55. The molecular weight excluding hydrogens is 273 g/mol. The topological polar surface area (TPSA) is 35.2 Å². The van der Waals surface area contributed by atoms with E-state index in [0.29, 0.717) is 22.3 Å². The van der Waals surface area contributed by atoms with E-state index in [2.05, 4.69) is 22.9 Å². The van der Waals surface area contributed by atoms with E-state index in [1.165, 1.54) is 0 Å². The first-order valence-electron chi connectivity index (χ1n) is 5.25. The number of hydrogen-bond donors (Lipinski definition) is 1. The van der Waals surface area contributed by atoms with Crippen molar-refractivity contribution in [3.05, 3.63) is 27.5 Å². The van der Waals surface area contributed by atoms with E-state index in [1.54, 1.807) is 20.1 Å². The molecule has 0 radical (unpaired) electrons. The Labute approximate surface area is 104 Å². The summed E-state index contributed by atoms with van der Waals surface area (Å²) in [5.74, 6) is 0.623. The molecule has 0 saturated heterocycles. The molecule has 0 spiro atoms. The Kier molecular flexibility index (Phi) is 4.74. The molecule has 0 aliphatic heterocycles. The third-order valence-corrected chi connectivity index (χ3v) is 3.34. The molecule has 0 amide bonds. The van der Waals surface area contributed by atoms with Gasteiger partial charge in [-0.05, 0) is 53.4 Å². The summed E-state index contributed by atoms with van der Waals surface area (Å²) < 4.78 is 19.4. The van der Waals surface area contributed by atoms with Crippen molar-refractivity contribution in [1.29, 1.82) is 0 Å². The Morgan fingerprint density at radius 3 is 2.69 bits per heavy atom. The highest BCUT2D eigenvalue weighted by molar-refractivity contribution is 9.10. The summed E-state index contributed by atoms with van der Waals surface area (Å²) in [5.41, 5.74) is 7.07. The van der Waals surface area contributed by atoms with E-state index in [1.807, 2.05) is 0 Å². The van der Waals surface area contributed by atoms with Crippen LogP contribution in [0.25, 0.3) is 0 Å². The first-order chi connectivity index (χ1) is 7.52. The monoisotopic (exact) mass is 289 g/mol. The molecule has 0 saturated carbocycles. The van der Waals surface area contributed by atoms with Crippen LogP contribution < -0.4 is 10.5 Å². The van der Waals surface area contributed by atoms with Gasteiger partial charge in [-0.3, -0.25) is 0 Å². The fourth-order valence-corrected chi connectivity index (χ4v) is 2.35. The Balaban J connectivity index is 3.27. The second-order valence-electron chi connectivity index (χ2n) is 3.90. The van der Waals surface area contributed by atoms with Crippen molar-refractivity contribution in [1.82, 2.24) is 0 Å². The van der Waals surface area contributed by atoms with Gasteiger partial charge in [0.05, 0.1) is 11.6 Å². The van der Waals surface area contributed by atoms with Crippen LogP contribution in [0.2, 0.25) is 0 Å². The molecule has 0 aromatic heterocycles. The van der Waals surface area contributed by atoms with Crippen molar-refractivity contribution in [2.75, 3.05) is 13.7 Å². The number of benzene rings is 1. The minimum atomic E-state index is -0.263. The molecule has 1 unspecified atom stereocenters. The van der Waals surface area contributed by atoms with E-state index in [-0.39, 0.29) is 11.7 Å². The van der Waals surface area contributed by atoms with Gasteiger partial charge in [-0.2, -0.15) is 0 Å². The van der Waals surface area contributed by atoms with E-state index < -0.39 is 0 Å². The van der Waals surface area contributed by atoms with Gasteiger partial charge in [0.25, 0.3) is 0 Å². The van der Waals surface area contributed by atoms with Crippen LogP contribution in [0.15, 0.2) is 10.5 Å². The number of methoxy groups -OCH3 is 1. The molecule has 1 atom stereocenters. The van der Waals surface area contributed by atoms with Crippen molar-refractivity contribution in [3.63, 3.8) is 0 Å². The lowest BCUT2D eigenvalue weighted by molar-refractivity contribution is 0.397. The van der Waals surface area contributed by atoms with Gasteiger partial charge >= 0.3 is 0 Å². The van der Waals surface area contributed by atoms with Gasteiger partial charge in [0.2, 0.25) is 0 Å². The zero-order chi connectivity index (χ0) is 12.3. The summed E-state index contributed by atoms with van der Waals surface area (Å²) in [4.78, 5) is 0. The fraction of sp³-hybridized carbons (Fsp3) is 0.500. The van der Waals surface area contributed by atoms with E-state index >= 15 is 0 Å². The summed E-state index contributed by atoms with van der Waals surface area (Å²) in [6, 6.07) is 1.78. The number of nitrogens with two attached hydrogens (primary N) is 1. The van der Waals surface area contributed by atoms with Crippen molar-refractivity contribution >= 4 is 15.9 Å². The molecule has 90 valence electrons. The number of halogens is 2. The Morgan fingerprint density at radius 2 is 2.19 bits per heavy atom. The van der Waals surface area contributed by atoms with Gasteiger partial charge in [-0.1, -0.05) is 6.92 Å². The maximum atomic E-state index is 13.7. The van der Waals surface area contributed by atoms with Crippen molar-refractivity contribution in [3.8, 4) is 5.75 Å². The third-order valence-electron chi connectivity index (χ3n) is 2.76. The van der Waals surface area contributed by atoms with Gasteiger partial charge in [0, 0.05) is 5.56 Å². The molecule has 4 heteroatoms. The summed E-state index contributed by atoms with van der Waals surface area (Å²) in [6.07, 6.45) is 0.855. The van der Waals surface area contributed by atoms with Crippen LogP contribution in [0.3, 0.4) is 0 Å². The molecule has 2 N–H and O–H groups in total. The predicted molar refractivity (Wildman–Crippen MR) is 67.5 cm³/mol. The molecule has 0 fully saturated rings. The van der Waals surface area contributed by atoms with Crippen LogP contribution >= 0.6 is 15.9 Å². The minimum Gasteiger partial charge on any atom is -0.496 e. The van der Waals surface area contributed by atoms with Crippen LogP contribution in [0.1, 0.15) is 30.4 Å². The first kappa shape index (κ1) is 13.5. The van der Waals surface area contributed by atoms with Crippen molar-refractivity contribution in [2.45, 2.75) is 26.2 Å². The molecule has 1 rings (SSSR count). The van der Waals surface area contributed by atoms with Gasteiger partial charge < -0.3 is 10.5 Å². The highest BCUT2D eigenvalue weighted by Crippen LogP contribution is 2.36. The number of ether oxygens (including phenoxy) is 1. The van der Waals surface area contributed by atoms with E-state index in [9.17, 15) is 4.39 Å². The summed E-state index contributed by atoms with van der Waals surface area (Å²) >= 11 is 3.22. The largest absolute Gasteiger partial charge is 0.496 e. The smallest absolute Gasteiger partial charge is 0.143 e. The molecule has 0 aliphatic carbocycles. The van der Waals surface area contributed by atoms with Gasteiger partial charge in [-0.15, -0.1) is 0 Å². The van der Waals surface area contributed by atoms with Crippen LogP contribution in [-0.4, -0.2) is 13.7 Å². The lowest BCUT2D eigenvalue weighted by Crippen LogP contribution is -2.07. The zero-order valence-electron chi connectivity index (χ0n) is 9.81. The molecule has 16 heavy (non-hydrogen) atoms. The van der Waals surface area contributed by atoms with E-state index in [4.69, 9.17) is 10.5 Å². The highest BCUT2D eigenvalue weighted by Gasteiger charge is 2.18. The van der Waals surface area contributed by atoms with Crippen LogP contribution in [0.4, 0.5) is 4.39 Å². The standard InChI is InChI=1S/C12H17BrFNO/c1-7(4-5-15)9-6-10(13)11(14)8(2)12(9)16-3/h6-7H,4-5,15H2,1-3H3. The maximum absolute atomic E-state index is 13.7. The van der Waals surface area contributed by atoms with Gasteiger partial charge in [0.1, 0.15) is 11.6 Å². The molecule has 2 nitrogen and oxygen atoms in total. The molecule has 0 bridgehead atoms.